The predicted molar refractivity (Wildman–Crippen MR) is 100 cm³/mol. The smallest absolute Gasteiger partial charge is 0.347 e. The van der Waals surface area contributed by atoms with Crippen molar-refractivity contribution in [2.75, 3.05) is 14.2 Å². The number of methoxy groups -OCH3 is 2. The second kappa shape index (κ2) is 6.46. The third-order valence-corrected chi connectivity index (χ3v) is 5.46. The SMILES string of the molecule is COc1ccc(-c2cc3c(c(=O)o2)C=C2CCCC(O)[C@@]2(C)O3)cc1OC. The first-order valence-corrected chi connectivity index (χ1v) is 8.95. The first-order valence-electron chi connectivity index (χ1n) is 8.95. The molecule has 2 aromatic rings. The molecule has 1 aromatic heterocycles. The van der Waals surface area contributed by atoms with Crippen LogP contribution in [0, 0.1) is 0 Å². The fraction of sp³-hybridized carbons (Fsp3) is 0.381. The fourth-order valence-electron chi connectivity index (χ4n) is 3.80. The third kappa shape index (κ3) is 2.80. The number of ether oxygens (including phenoxy) is 3. The zero-order valence-electron chi connectivity index (χ0n) is 15.6. The van der Waals surface area contributed by atoms with Crippen LogP contribution in [0.4, 0.5) is 0 Å². The zero-order valence-corrected chi connectivity index (χ0v) is 15.6. The summed E-state index contributed by atoms with van der Waals surface area (Å²) in [7, 11) is 3.11. The van der Waals surface area contributed by atoms with Gasteiger partial charge >= 0.3 is 5.63 Å². The van der Waals surface area contributed by atoms with Crippen molar-refractivity contribution in [1.82, 2.24) is 0 Å². The van der Waals surface area contributed by atoms with Crippen molar-refractivity contribution in [3.63, 3.8) is 0 Å². The maximum absolute atomic E-state index is 12.6. The molecule has 0 spiro atoms. The van der Waals surface area contributed by atoms with Crippen molar-refractivity contribution in [2.24, 2.45) is 0 Å². The van der Waals surface area contributed by atoms with Crippen molar-refractivity contribution < 1.29 is 23.7 Å². The summed E-state index contributed by atoms with van der Waals surface area (Å²) < 4.78 is 22.3. The van der Waals surface area contributed by atoms with Crippen molar-refractivity contribution in [1.29, 1.82) is 0 Å². The van der Waals surface area contributed by atoms with Gasteiger partial charge in [-0.2, -0.15) is 0 Å². The average molecular weight is 370 g/mol. The molecule has 142 valence electrons. The maximum Gasteiger partial charge on any atom is 0.347 e. The standard InChI is InChI=1S/C21H22O6/c1-21-13(5-4-6-19(21)22)10-14-17(27-21)11-16(26-20(14)23)12-7-8-15(24-2)18(9-12)25-3/h7-11,19,22H,4-6H2,1-3H3/t19?,21-/m0/s1. The van der Waals surface area contributed by atoms with E-state index in [1.165, 1.54) is 0 Å². The molecule has 1 fully saturated rings. The van der Waals surface area contributed by atoms with Crippen LogP contribution in [0.2, 0.25) is 0 Å². The Kier molecular flexibility index (Phi) is 4.23. The molecule has 1 aromatic carbocycles. The highest BCUT2D eigenvalue weighted by Crippen LogP contribution is 2.44. The van der Waals surface area contributed by atoms with Crippen LogP contribution in [-0.4, -0.2) is 31.0 Å². The van der Waals surface area contributed by atoms with Crippen LogP contribution in [0.3, 0.4) is 0 Å². The molecule has 6 nitrogen and oxygen atoms in total. The fourth-order valence-corrected chi connectivity index (χ4v) is 3.80. The molecule has 2 aliphatic rings. The lowest BCUT2D eigenvalue weighted by molar-refractivity contribution is -0.0356. The van der Waals surface area contributed by atoms with E-state index < -0.39 is 17.3 Å². The summed E-state index contributed by atoms with van der Waals surface area (Å²) >= 11 is 0. The molecule has 0 amide bonds. The van der Waals surface area contributed by atoms with Crippen LogP contribution in [0.5, 0.6) is 17.2 Å². The molecular weight excluding hydrogens is 348 g/mol. The monoisotopic (exact) mass is 370 g/mol. The molecule has 2 atom stereocenters. The van der Waals surface area contributed by atoms with Gasteiger partial charge in [-0.05, 0) is 56.0 Å². The summed E-state index contributed by atoms with van der Waals surface area (Å²) in [6, 6.07) is 6.97. The van der Waals surface area contributed by atoms with E-state index in [1.54, 1.807) is 38.5 Å². The van der Waals surface area contributed by atoms with E-state index in [2.05, 4.69) is 0 Å². The molecule has 0 bridgehead atoms. The Morgan fingerprint density at radius 3 is 2.70 bits per heavy atom. The van der Waals surface area contributed by atoms with E-state index in [1.807, 2.05) is 13.0 Å². The summed E-state index contributed by atoms with van der Waals surface area (Å²) in [6.45, 7) is 1.87. The van der Waals surface area contributed by atoms with Gasteiger partial charge in [0.1, 0.15) is 17.1 Å². The maximum atomic E-state index is 12.6. The van der Waals surface area contributed by atoms with Gasteiger partial charge in [0.2, 0.25) is 0 Å². The summed E-state index contributed by atoms with van der Waals surface area (Å²) in [5.41, 5.74) is 0.710. The van der Waals surface area contributed by atoms with Crippen LogP contribution in [0.1, 0.15) is 31.7 Å². The lowest BCUT2D eigenvalue weighted by Crippen LogP contribution is -2.50. The van der Waals surface area contributed by atoms with E-state index in [0.717, 1.165) is 18.4 Å². The van der Waals surface area contributed by atoms with Crippen molar-refractivity contribution in [3.8, 4) is 28.6 Å². The average Bonchev–Trinajstić information content (AvgIpc) is 2.67. The molecule has 1 saturated carbocycles. The molecule has 2 heterocycles. The van der Waals surface area contributed by atoms with Crippen molar-refractivity contribution in [3.05, 3.63) is 45.8 Å². The number of fused-ring (bicyclic) bond motifs is 2. The highest BCUT2D eigenvalue weighted by Gasteiger charge is 2.44. The number of benzene rings is 1. The number of aliphatic hydroxyl groups is 1. The number of hydrogen-bond donors (Lipinski definition) is 1. The second-order valence-electron chi connectivity index (χ2n) is 7.03. The minimum absolute atomic E-state index is 0.366. The molecule has 1 aliphatic carbocycles. The third-order valence-electron chi connectivity index (χ3n) is 5.46. The van der Waals surface area contributed by atoms with Gasteiger partial charge in [0, 0.05) is 11.6 Å². The largest absolute Gasteiger partial charge is 0.493 e. The summed E-state index contributed by atoms with van der Waals surface area (Å²) in [5, 5.41) is 10.5. The van der Waals surface area contributed by atoms with Gasteiger partial charge in [0.15, 0.2) is 17.1 Å². The first-order chi connectivity index (χ1) is 13.0. The molecule has 0 radical (unpaired) electrons. The zero-order chi connectivity index (χ0) is 19.2. The Hall–Kier alpha value is -2.73. The molecular formula is C21H22O6. The Morgan fingerprint density at radius 1 is 1.19 bits per heavy atom. The predicted octanol–water partition coefficient (Wildman–Crippen LogP) is 3.40. The van der Waals surface area contributed by atoms with Crippen LogP contribution < -0.4 is 19.8 Å². The van der Waals surface area contributed by atoms with Gasteiger partial charge in [-0.25, -0.2) is 4.79 Å². The Labute approximate surface area is 157 Å². The van der Waals surface area contributed by atoms with Crippen molar-refractivity contribution in [2.45, 2.75) is 37.9 Å². The minimum Gasteiger partial charge on any atom is -0.493 e. The molecule has 1 N–H and O–H groups in total. The van der Waals surface area contributed by atoms with Crippen LogP contribution in [0.25, 0.3) is 17.4 Å². The normalized spacial score (nSPS) is 23.6. The van der Waals surface area contributed by atoms with Gasteiger partial charge < -0.3 is 23.7 Å². The number of hydrogen-bond acceptors (Lipinski definition) is 6. The first kappa shape index (κ1) is 17.7. The highest BCUT2D eigenvalue weighted by atomic mass is 16.5. The van der Waals surface area contributed by atoms with Crippen LogP contribution >= 0.6 is 0 Å². The van der Waals surface area contributed by atoms with E-state index in [9.17, 15) is 9.90 Å². The lowest BCUT2D eigenvalue weighted by atomic mass is 9.77. The van der Waals surface area contributed by atoms with Gasteiger partial charge in [0.25, 0.3) is 0 Å². The summed E-state index contributed by atoms with van der Waals surface area (Å²) in [6.07, 6.45) is 3.54. The Bertz CT molecular complexity index is 973. The molecule has 27 heavy (non-hydrogen) atoms. The lowest BCUT2D eigenvalue weighted by Gasteiger charge is -2.43. The van der Waals surface area contributed by atoms with E-state index in [0.29, 0.717) is 40.6 Å². The molecule has 1 unspecified atom stereocenters. The van der Waals surface area contributed by atoms with Gasteiger partial charge in [-0.1, -0.05) is 0 Å². The van der Waals surface area contributed by atoms with Crippen LogP contribution in [-0.2, 0) is 0 Å². The Morgan fingerprint density at radius 2 is 1.96 bits per heavy atom. The van der Waals surface area contributed by atoms with Gasteiger partial charge in [-0.15, -0.1) is 0 Å². The number of rotatable bonds is 3. The minimum atomic E-state index is -0.812. The molecule has 6 heteroatoms. The van der Waals surface area contributed by atoms with Gasteiger partial charge in [-0.3, -0.25) is 0 Å². The summed E-state index contributed by atoms with van der Waals surface area (Å²) in [5.74, 6) is 1.91. The van der Waals surface area contributed by atoms with Gasteiger partial charge in [0.05, 0.1) is 20.3 Å². The van der Waals surface area contributed by atoms with E-state index in [4.69, 9.17) is 18.6 Å². The second-order valence-corrected chi connectivity index (χ2v) is 7.03. The molecule has 0 saturated heterocycles. The highest BCUT2D eigenvalue weighted by molar-refractivity contribution is 5.69. The van der Waals surface area contributed by atoms with E-state index in [-0.39, 0.29) is 0 Å². The molecule has 4 rings (SSSR count). The van der Waals surface area contributed by atoms with E-state index >= 15 is 0 Å². The van der Waals surface area contributed by atoms with Crippen LogP contribution in [0.15, 0.2) is 39.1 Å². The Balaban J connectivity index is 1.81. The topological polar surface area (TPSA) is 78.1 Å². The summed E-state index contributed by atoms with van der Waals surface area (Å²) in [4.78, 5) is 12.6. The quantitative estimate of drug-likeness (QED) is 0.892. The molecule has 1 aliphatic heterocycles. The van der Waals surface area contributed by atoms with Crippen molar-refractivity contribution >= 4 is 6.08 Å². The number of aliphatic hydroxyl groups excluding tert-OH is 1.